The average Bonchev–Trinajstić information content (AvgIpc) is 2.87. The highest BCUT2D eigenvalue weighted by molar-refractivity contribution is 5.76. The lowest BCUT2D eigenvalue weighted by Gasteiger charge is -2.28. The average molecular weight is 243 g/mol. The standard InChI is InChI=1S/C13H25NO3/c1-5-9(2)12(13(15)16-4)14-10(3)11-6-7-17-8-11/h9-12,14H,5-8H2,1-4H3. The van der Waals surface area contributed by atoms with Crippen molar-refractivity contribution in [1.82, 2.24) is 5.32 Å². The van der Waals surface area contributed by atoms with Gasteiger partial charge in [-0.1, -0.05) is 20.3 Å². The van der Waals surface area contributed by atoms with Crippen molar-refractivity contribution < 1.29 is 14.3 Å². The van der Waals surface area contributed by atoms with Crippen molar-refractivity contribution in [2.24, 2.45) is 11.8 Å². The van der Waals surface area contributed by atoms with Gasteiger partial charge in [0, 0.05) is 12.6 Å². The quantitative estimate of drug-likeness (QED) is 0.720. The van der Waals surface area contributed by atoms with Gasteiger partial charge in [-0.2, -0.15) is 0 Å². The predicted octanol–water partition coefficient (Wildman–Crippen LogP) is 1.59. The maximum absolute atomic E-state index is 11.7. The highest BCUT2D eigenvalue weighted by atomic mass is 16.5. The summed E-state index contributed by atoms with van der Waals surface area (Å²) in [5.41, 5.74) is 0. The molecular weight excluding hydrogens is 218 g/mol. The summed E-state index contributed by atoms with van der Waals surface area (Å²) < 4.78 is 10.2. The van der Waals surface area contributed by atoms with Crippen LogP contribution in [0.15, 0.2) is 0 Å². The molecule has 0 aliphatic carbocycles. The van der Waals surface area contributed by atoms with E-state index in [4.69, 9.17) is 9.47 Å². The molecule has 1 saturated heterocycles. The molecule has 4 unspecified atom stereocenters. The second-order valence-electron chi connectivity index (χ2n) is 4.97. The van der Waals surface area contributed by atoms with Crippen LogP contribution in [0, 0.1) is 11.8 Å². The monoisotopic (exact) mass is 243 g/mol. The number of methoxy groups -OCH3 is 1. The Labute approximate surface area is 104 Å². The molecular formula is C13H25NO3. The molecule has 0 aromatic rings. The number of hydrogen-bond donors (Lipinski definition) is 1. The minimum Gasteiger partial charge on any atom is -0.468 e. The molecule has 4 nitrogen and oxygen atoms in total. The molecule has 0 bridgehead atoms. The Bertz CT molecular complexity index is 239. The van der Waals surface area contributed by atoms with E-state index in [0.717, 1.165) is 26.1 Å². The highest BCUT2D eigenvalue weighted by Crippen LogP contribution is 2.19. The van der Waals surface area contributed by atoms with E-state index < -0.39 is 0 Å². The van der Waals surface area contributed by atoms with Gasteiger partial charge >= 0.3 is 5.97 Å². The maximum atomic E-state index is 11.7. The Morgan fingerprint density at radius 3 is 2.71 bits per heavy atom. The van der Waals surface area contributed by atoms with Crippen LogP contribution < -0.4 is 5.32 Å². The molecule has 1 heterocycles. The number of rotatable bonds is 6. The SMILES string of the molecule is CCC(C)C(NC(C)C1CCOC1)C(=O)OC. The van der Waals surface area contributed by atoms with E-state index >= 15 is 0 Å². The van der Waals surface area contributed by atoms with E-state index in [1.54, 1.807) is 0 Å². The summed E-state index contributed by atoms with van der Waals surface area (Å²) >= 11 is 0. The largest absolute Gasteiger partial charge is 0.468 e. The van der Waals surface area contributed by atoms with Gasteiger partial charge in [0.25, 0.3) is 0 Å². The maximum Gasteiger partial charge on any atom is 0.323 e. The van der Waals surface area contributed by atoms with Crippen molar-refractivity contribution in [3.05, 3.63) is 0 Å². The van der Waals surface area contributed by atoms with Crippen LogP contribution in [0.4, 0.5) is 0 Å². The minimum absolute atomic E-state index is 0.162. The van der Waals surface area contributed by atoms with E-state index in [2.05, 4.69) is 26.1 Å². The molecule has 100 valence electrons. The third kappa shape index (κ3) is 3.96. The Morgan fingerprint density at radius 1 is 1.53 bits per heavy atom. The van der Waals surface area contributed by atoms with Gasteiger partial charge in [0.05, 0.1) is 13.7 Å². The summed E-state index contributed by atoms with van der Waals surface area (Å²) in [5.74, 6) is 0.628. The summed E-state index contributed by atoms with van der Waals surface area (Å²) in [5, 5.41) is 3.41. The second kappa shape index (κ2) is 6.97. The highest BCUT2D eigenvalue weighted by Gasteiger charge is 2.30. The first kappa shape index (κ1) is 14.5. The molecule has 1 rings (SSSR count). The summed E-state index contributed by atoms with van der Waals surface area (Å²) in [7, 11) is 1.45. The molecule has 4 heteroatoms. The van der Waals surface area contributed by atoms with Gasteiger partial charge < -0.3 is 14.8 Å². The Kier molecular flexibility index (Phi) is 5.92. The number of carbonyl (C=O) groups is 1. The molecule has 0 aromatic carbocycles. The zero-order valence-corrected chi connectivity index (χ0v) is 11.4. The summed E-state index contributed by atoms with van der Waals surface area (Å²) in [6.07, 6.45) is 2.03. The molecule has 0 aromatic heterocycles. The first-order chi connectivity index (χ1) is 8.10. The van der Waals surface area contributed by atoms with Crippen molar-refractivity contribution in [3.8, 4) is 0 Å². The molecule has 1 N–H and O–H groups in total. The molecule has 1 aliphatic rings. The van der Waals surface area contributed by atoms with Crippen LogP contribution in [0.25, 0.3) is 0 Å². The van der Waals surface area contributed by atoms with Crippen LogP contribution in [-0.2, 0) is 14.3 Å². The van der Waals surface area contributed by atoms with Crippen LogP contribution in [0.2, 0.25) is 0 Å². The van der Waals surface area contributed by atoms with E-state index in [1.165, 1.54) is 7.11 Å². The van der Waals surface area contributed by atoms with Gasteiger partial charge in [0.2, 0.25) is 0 Å². The molecule has 0 amide bonds. The summed E-state index contributed by atoms with van der Waals surface area (Å²) in [4.78, 5) is 11.7. The fraction of sp³-hybridized carbons (Fsp3) is 0.923. The molecule has 4 atom stereocenters. The lowest BCUT2D eigenvalue weighted by atomic mass is 9.94. The molecule has 0 saturated carbocycles. The zero-order valence-electron chi connectivity index (χ0n) is 11.4. The topological polar surface area (TPSA) is 47.6 Å². The smallest absolute Gasteiger partial charge is 0.323 e. The van der Waals surface area contributed by atoms with Crippen LogP contribution in [0.1, 0.15) is 33.6 Å². The summed E-state index contributed by atoms with van der Waals surface area (Å²) in [6, 6.07) is 0.0798. The number of hydrogen-bond acceptors (Lipinski definition) is 4. The number of carbonyl (C=O) groups excluding carboxylic acids is 1. The number of nitrogens with one attached hydrogen (secondary N) is 1. The predicted molar refractivity (Wildman–Crippen MR) is 66.8 cm³/mol. The second-order valence-corrected chi connectivity index (χ2v) is 4.97. The fourth-order valence-corrected chi connectivity index (χ4v) is 2.19. The molecule has 0 radical (unpaired) electrons. The van der Waals surface area contributed by atoms with Gasteiger partial charge in [-0.15, -0.1) is 0 Å². The van der Waals surface area contributed by atoms with Gasteiger partial charge in [-0.25, -0.2) is 0 Å². The number of esters is 1. The normalized spacial score (nSPS) is 25.3. The lowest BCUT2D eigenvalue weighted by Crippen LogP contribution is -2.49. The van der Waals surface area contributed by atoms with Crippen molar-refractivity contribution in [2.75, 3.05) is 20.3 Å². The van der Waals surface area contributed by atoms with Gasteiger partial charge in [-0.05, 0) is 25.2 Å². The van der Waals surface area contributed by atoms with Crippen molar-refractivity contribution in [1.29, 1.82) is 0 Å². The molecule has 17 heavy (non-hydrogen) atoms. The van der Waals surface area contributed by atoms with E-state index in [1.807, 2.05) is 0 Å². The third-order valence-corrected chi connectivity index (χ3v) is 3.78. The Balaban J connectivity index is 2.55. The Morgan fingerprint density at radius 2 is 2.24 bits per heavy atom. The van der Waals surface area contributed by atoms with Crippen LogP contribution >= 0.6 is 0 Å². The van der Waals surface area contributed by atoms with Gasteiger partial charge in [0.15, 0.2) is 0 Å². The Hall–Kier alpha value is -0.610. The zero-order chi connectivity index (χ0) is 12.8. The third-order valence-electron chi connectivity index (χ3n) is 3.78. The van der Waals surface area contributed by atoms with Crippen molar-refractivity contribution in [2.45, 2.75) is 45.7 Å². The minimum atomic E-state index is -0.208. The van der Waals surface area contributed by atoms with Crippen molar-refractivity contribution >= 4 is 5.97 Å². The van der Waals surface area contributed by atoms with Crippen LogP contribution in [0.3, 0.4) is 0 Å². The molecule has 0 spiro atoms. The molecule has 1 fully saturated rings. The van der Waals surface area contributed by atoms with Crippen molar-refractivity contribution in [3.63, 3.8) is 0 Å². The first-order valence-electron chi connectivity index (χ1n) is 6.51. The van der Waals surface area contributed by atoms with Crippen LogP contribution in [-0.4, -0.2) is 38.4 Å². The van der Waals surface area contributed by atoms with Gasteiger partial charge in [-0.3, -0.25) is 4.79 Å². The van der Waals surface area contributed by atoms with Gasteiger partial charge in [0.1, 0.15) is 6.04 Å². The first-order valence-corrected chi connectivity index (χ1v) is 6.51. The number of ether oxygens (including phenoxy) is 2. The van der Waals surface area contributed by atoms with E-state index in [-0.39, 0.29) is 24.0 Å². The lowest BCUT2D eigenvalue weighted by molar-refractivity contribution is -0.144. The van der Waals surface area contributed by atoms with E-state index in [9.17, 15) is 4.79 Å². The van der Waals surface area contributed by atoms with Crippen LogP contribution in [0.5, 0.6) is 0 Å². The molecule has 1 aliphatic heterocycles. The summed E-state index contributed by atoms with van der Waals surface area (Å²) in [6.45, 7) is 7.92. The van der Waals surface area contributed by atoms with E-state index in [0.29, 0.717) is 5.92 Å². The fourth-order valence-electron chi connectivity index (χ4n) is 2.19.